The molecule has 8 heteroatoms. The maximum atomic E-state index is 12.7. The maximum Gasteiger partial charge on any atom is 0.240 e. The van der Waals surface area contributed by atoms with Gasteiger partial charge in [-0.25, -0.2) is 0 Å². The molecule has 0 N–H and O–H groups in total. The average Bonchev–Trinajstić information content (AvgIpc) is 3.00. The van der Waals surface area contributed by atoms with E-state index in [4.69, 9.17) is 4.52 Å². The van der Waals surface area contributed by atoms with Crippen molar-refractivity contribution in [2.24, 2.45) is 7.05 Å². The van der Waals surface area contributed by atoms with Crippen molar-refractivity contribution in [2.75, 3.05) is 26.2 Å². The summed E-state index contributed by atoms with van der Waals surface area (Å²) in [4.78, 5) is 21.2. The van der Waals surface area contributed by atoms with Crippen LogP contribution in [0.4, 0.5) is 0 Å². The van der Waals surface area contributed by atoms with Crippen molar-refractivity contribution in [3.63, 3.8) is 0 Å². The number of nitrogens with zero attached hydrogens (tertiary/aromatic N) is 6. The van der Waals surface area contributed by atoms with Crippen molar-refractivity contribution in [2.45, 2.75) is 46.6 Å². The summed E-state index contributed by atoms with van der Waals surface area (Å²) in [6.45, 7) is 9.86. The molecule has 0 bridgehead atoms. The van der Waals surface area contributed by atoms with E-state index in [9.17, 15) is 4.79 Å². The molecule has 2 aromatic heterocycles. The Bertz CT molecular complexity index is 766. The molecule has 1 aliphatic heterocycles. The minimum atomic E-state index is 0.225. The standard InChI is InChI=1S/C18H28N6O2/c1-13-16(14(2)22(4)20-13)6-7-18(25)24-9-5-8-23(10-11-24)12-17-19-15(3)21-26-17/h5-12H2,1-4H3. The Morgan fingerprint density at radius 2 is 1.96 bits per heavy atom. The summed E-state index contributed by atoms with van der Waals surface area (Å²) < 4.78 is 7.09. The van der Waals surface area contributed by atoms with Gasteiger partial charge in [-0.3, -0.25) is 14.4 Å². The summed E-state index contributed by atoms with van der Waals surface area (Å²) in [6.07, 6.45) is 2.26. The summed E-state index contributed by atoms with van der Waals surface area (Å²) >= 11 is 0. The zero-order chi connectivity index (χ0) is 18.7. The topological polar surface area (TPSA) is 80.3 Å². The van der Waals surface area contributed by atoms with Crippen LogP contribution in [0.15, 0.2) is 4.52 Å². The molecule has 1 fully saturated rings. The Morgan fingerprint density at radius 3 is 2.62 bits per heavy atom. The highest BCUT2D eigenvalue weighted by Gasteiger charge is 2.21. The Balaban J connectivity index is 1.51. The highest BCUT2D eigenvalue weighted by Crippen LogP contribution is 2.15. The number of hydrogen-bond acceptors (Lipinski definition) is 6. The number of carbonyl (C=O) groups is 1. The first-order chi connectivity index (χ1) is 12.4. The normalized spacial score (nSPS) is 16.1. The third-order valence-corrected chi connectivity index (χ3v) is 5.12. The number of rotatable bonds is 5. The second-order valence-corrected chi connectivity index (χ2v) is 7.02. The summed E-state index contributed by atoms with van der Waals surface area (Å²) in [5, 5.41) is 8.27. The van der Waals surface area contributed by atoms with E-state index in [2.05, 4.69) is 27.1 Å². The van der Waals surface area contributed by atoms with Crippen LogP contribution in [0.25, 0.3) is 0 Å². The number of aryl methyl sites for hydroxylation is 3. The van der Waals surface area contributed by atoms with E-state index in [1.165, 1.54) is 5.56 Å². The van der Waals surface area contributed by atoms with Crippen molar-refractivity contribution in [3.05, 3.63) is 28.7 Å². The van der Waals surface area contributed by atoms with Gasteiger partial charge in [-0.05, 0) is 39.2 Å². The van der Waals surface area contributed by atoms with Gasteiger partial charge in [0.05, 0.1) is 12.2 Å². The lowest BCUT2D eigenvalue weighted by molar-refractivity contribution is -0.131. The third-order valence-electron chi connectivity index (χ3n) is 5.12. The van der Waals surface area contributed by atoms with Gasteiger partial charge in [0.15, 0.2) is 5.82 Å². The van der Waals surface area contributed by atoms with Crippen LogP contribution in [0.5, 0.6) is 0 Å². The van der Waals surface area contributed by atoms with E-state index in [-0.39, 0.29) is 5.91 Å². The number of hydrogen-bond donors (Lipinski definition) is 0. The van der Waals surface area contributed by atoms with Gasteiger partial charge in [0.1, 0.15) is 0 Å². The van der Waals surface area contributed by atoms with Crippen LogP contribution in [0.3, 0.4) is 0 Å². The molecule has 0 radical (unpaired) electrons. The molecule has 26 heavy (non-hydrogen) atoms. The molecule has 0 aliphatic carbocycles. The summed E-state index contributed by atoms with van der Waals surface area (Å²) in [6, 6.07) is 0. The van der Waals surface area contributed by atoms with Gasteiger partial charge in [-0.1, -0.05) is 5.16 Å². The monoisotopic (exact) mass is 360 g/mol. The molecule has 0 saturated carbocycles. The number of amides is 1. The Kier molecular flexibility index (Phi) is 5.70. The minimum Gasteiger partial charge on any atom is -0.341 e. The lowest BCUT2D eigenvalue weighted by Gasteiger charge is -2.21. The molecule has 1 saturated heterocycles. The lowest BCUT2D eigenvalue weighted by atomic mass is 10.1. The third kappa shape index (κ3) is 4.30. The summed E-state index contributed by atoms with van der Waals surface area (Å²) in [5.41, 5.74) is 3.37. The average molecular weight is 360 g/mol. The van der Waals surface area contributed by atoms with Gasteiger partial charge in [-0.2, -0.15) is 10.1 Å². The Labute approximate surface area is 154 Å². The molecule has 1 amide bonds. The molecule has 3 rings (SSSR count). The van der Waals surface area contributed by atoms with E-state index in [1.54, 1.807) is 0 Å². The fourth-order valence-electron chi connectivity index (χ4n) is 3.54. The number of aromatic nitrogens is 4. The SMILES string of the molecule is Cc1noc(CN2CCCN(C(=O)CCc3c(C)nn(C)c3C)CC2)n1. The zero-order valence-electron chi connectivity index (χ0n) is 16.2. The first-order valence-electron chi connectivity index (χ1n) is 9.22. The van der Waals surface area contributed by atoms with Crippen LogP contribution in [-0.4, -0.2) is 61.8 Å². The predicted molar refractivity (Wildman–Crippen MR) is 96.5 cm³/mol. The van der Waals surface area contributed by atoms with Crippen molar-refractivity contribution in [1.82, 2.24) is 29.7 Å². The van der Waals surface area contributed by atoms with Gasteiger partial charge in [0.25, 0.3) is 0 Å². The zero-order valence-corrected chi connectivity index (χ0v) is 16.2. The summed E-state index contributed by atoms with van der Waals surface area (Å²) in [7, 11) is 1.95. The van der Waals surface area contributed by atoms with Gasteiger partial charge >= 0.3 is 0 Å². The predicted octanol–water partition coefficient (Wildman–Crippen LogP) is 1.40. The molecule has 1 aliphatic rings. The van der Waals surface area contributed by atoms with Crippen LogP contribution in [0.2, 0.25) is 0 Å². The molecule has 142 valence electrons. The Morgan fingerprint density at radius 1 is 1.15 bits per heavy atom. The first kappa shape index (κ1) is 18.6. The highest BCUT2D eigenvalue weighted by molar-refractivity contribution is 5.76. The maximum absolute atomic E-state index is 12.7. The second-order valence-electron chi connectivity index (χ2n) is 7.02. The smallest absolute Gasteiger partial charge is 0.240 e. The van der Waals surface area contributed by atoms with Crippen LogP contribution in [0, 0.1) is 20.8 Å². The largest absolute Gasteiger partial charge is 0.341 e. The van der Waals surface area contributed by atoms with E-state index >= 15 is 0 Å². The van der Waals surface area contributed by atoms with Crippen LogP contribution >= 0.6 is 0 Å². The molecule has 0 atom stereocenters. The van der Waals surface area contributed by atoms with Gasteiger partial charge in [0.2, 0.25) is 11.8 Å². The molecule has 2 aromatic rings. The molecule has 3 heterocycles. The quantitative estimate of drug-likeness (QED) is 0.802. The highest BCUT2D eigenvalue weighted by atomic mass is 16.5. The van der Waals surface area contributed by atoms with Crippen molar-refractivity contribution >= 4 is 5.91 Å². The van der Waals surface area contributed by atoms with Gasteiger partial charge < -0.3 is 9.42 Å². The number of carbonyl (C=O) groups excluding carboxylic acids is 1. The van der Waals surface area contributed by atoms with E-state index in [0.717, 1.165) is 50.4 Å². The second kappa shape index (κ2) is 7.99. The van der Waals surface area contributed by atoms with Crippen molar-refractivity contribution in [3.8, 4) is 0 Å². The van der Waals surface area contributed by atoms with E-state index in [1.807, 2.05) is 30.5 Å². The van der Waals surface area contributed by atoms with E-state index in [0.29, 0.717) is 24.7 Å². The first-order valence-corrected chi connectivity index (χ1v) is 9.22. The van der Waals surface area contributed by atoms with Crippen molar-refractivity contribution in [1.29, 1.82) is 0 Å². The molecule has 0 spiro atoms. The fraction of sp³-hybridized carbons (Fsp3) is 0.667. The summed E-state index contributed by atoms with van der Waals surface area (Å²) in [5.74, 6) is 1.53. The van der Waals surface area contributed by atoms with Crippen LogP contribution in [-0.2, 0) is 24.8 Å². The van der Waals surface area contributed by atoms with E-state index < -0.39 is 0 Å². The van der Waals surface area contributed by atoms with Crippen LogP contribution < -0.4 is 0 Å². The van der Waals surface area contributed by atoms with Crippen LogP contribution in [0.1, 0.15) is 41.5 Å². The molecular weight excluding hydrogens is 332 g/mol. The van der Waals surface area contributed by atoms with Crippen molar-refractivity contribution < 1.29 is 9.32 Å². The van der Waals surface area contributed by atoms with Gasteiger partial charge in [-0.15, -0.1) is 0 Å². The minimum absolute atomic E-state index is 0.225. The van der Waals surface area contributed by atoms with Gasteiger partial charge in [0, 0.05) is 45.3 Å². The molecule has 8 nitrogen and oxygen atoms in total. The molecular formula is C18H28N6O2. The Hall–Kier alpha value is -2.22. The lowest BCUT2D eigenvalue weighted by Crippen LogP contribution is -2.35. The molecule has 0 aromatic carbocycles. The fourth-order valence-corrected chi connectivity index (χ4v) is 3.54. The molecule has 0 unspecified atom stereocenters.